The lowest BCUT2D eigenvalue weighted by Gasteiger charge is -2.05. The lowest BCUT2D eigenvalue weighted by Crippen LogP contribution is -1.85. The van der Waals surface area contributed by atoms with E-state index >= 15 is 0 Å². The lowest BCUT2D eigenvalue weighted by atomic mass is 10.0. The van der Waals surface area contributed by atoms with Gasteiger partial charge < -0.3 is 30.6 Å². The average Bonchev–Trinajstić information content (AvgIpc) is 2.94. The SMILES string of the molecule is C1CCCCCCCCCCCCCCCCCCCCCCC1.CCO.CCO.CCO.CCO.CCO.CCO. The quantitative estimate of drug-likeness (QED) is 0.162. The molecular formula is C36H84O6. The molecule has 0 radical (unpaired) electrons. The molecule has 1 saturated carbocycles. The van der Waals surface area contributed by atoms with Gasteiger partial charge in [0.25, 0.3) is 0 Å². The van der Waals surface area contributed by atoms with Crippen molar-refractivity contribution in [3.8, 4) is 0 Å². The fraction of sp³-hybridized carbons (Fsp3) is 1.00. The Morgan fingerprint density at radius 1 is 0.190 bits per heavy atom. The number of aliphatic hydroxyl groups is 6. The van der Waals surface area contributed by atoms with Crippen LogP contribution >= 0.6 is 0 Å². The molecule has 0 spiro atoms. The van der Waals surface area contributed by atoms with Crippen molar-refractivity contribution in [3.63, 3.8) is 0 Å². The summed E-state index contributed by atoms with van der Waals surface area (Å²) in [5.41, 5.74) is 0. The minimum Gasteiger partial charge on any atom is -0.397 e. The van der Waals surface area contributed by atoms with Gasteiger partial charge in [-0.15, -0.1) is 0 Å². The molecule has 1 fully saturated rings. The maximum atomic E-state index is 7.57. The second-order valence-corrected chi connectivity index (χ2v) is 10.4. The van der Waals surface area contributed by atoms with Crippen LogP contribution in [0.2, 0.25) is 0 Å². The van der Waals surface area contributed by atoms with E-state index in [1.165, 1.54) is 154 Å². The molecule has 0 atom stereocenters. The van der Waals surface area contributed by atoms with Gasteiger partial charge in [-0.3, -0.25) is 0 Å². The number of hydrogen-bond acceptors (Lipinski definition) is 6. The second-order valence-electron chi connectivity index (χ2n) is 10.4. The van der Waals surface area contributed by atoms with E-state index in [-0.39, 0.29) is 39.6 Å². The number of hydrogen-bond donors (Lipinski definition) is 6. The standard InChI is InChI=1S/C24H48.6C2H6O/c1-2-4-6-8-10-12-14-16-18-20-22-24-23-21-19-17-15-13-11-9-7-5-3-1;6*1-2-3/h1-24H2;6*3H,2H2,1H3. The Hall–Kier alpha value is -0.240. The first-order valence-corrected chi connectivity index (χ1v) is 18.1. The average molecular weight is 613 g/mol. The molecular weight excluding hydrogens is 528 g/mol. The third-order valence-electron chi connectivity index (χ3n) is 6.00. The summed E-state index contributed by atoms with van der Waals surface area (Å²) >= 11 is 0. The molecule has 1 aliphatic carbocycles. The van der Waals surface area contributed by atoms with E-state index in [4.69, 9.17) is 30.6 Å². The molecule has 0 aromatic heterocycles. The van der Waals surface area contributed by atoms with Crippen molar-refractivity contribution in [3.05, 3.63) is 0 Å². The highest BCUT2D eigenvalue weighted by atomic mass is 16.3. The summed E-state index contributed by atoms with van der Waals surface area (Å²) in [4.78, 5) is 0. The van der Waals surface area contributed by atoms with Crippen LogP contribution in [-0.2, 0) is 0 Å². The summed E-state index contributed by atoms with van der Waals surface area (Å²) in [5.74, 6) is 0. The Morgan fingerprint density at radius 2 is 0.214 bits per heavy atom. The molecule has 0 amide bonds. The molecule has 0 bridgehead atoms. The molecule has 6 nitrogen and oxygen atoms in total. The van der Waals surface area contributed by atoms with Gasteiger partial charge in [0.05, 0.1) is 0 Å². The maximum absolute atomic E-state index is 7.57. The van der Waals surface area contributed by atoms with E-state index in [1.54, 1.807) is 41.5 Å². The zero-order valence-corrected chi connectivity index (χ0v) is 29.9. The van der Waals surface area contributed by atoms with E-state index < -0.39 is 0 Å². The van der Waals surface area contributed by atoms with Gasteiger partial charge in [-0.2, -0.15) is 0 Å². The first kappa shape index (κ1) is 54.3. The zero-order chi connectivity index (χ0) is 33.2. The van der Waals surface area contributed by atoms with Crippen LogP contribution in [0.1, 0.15) is 196 Å². The largest absolute Gasteiger partial charge is 0.397 e. The van der Waals surface area contributed by atoms with Crippen LogP contribution in [0.15, 0.2) is 0 Å². The predicted octanol–water partition coefficient (Wildman–Crippen LogP) is 9.35. The molecule has 42 heavy (non-hydrogen) atoms. The third-order valence-corrected chi connectivity index (χ3v) is 6.00. The molecule has 0 unspecified atom stereocenters. The van der Waals surface area contributed by atoms with Gasteiger partial charge >= 0.3 is 0 Å². The molecule has 6 N–H and O–H groups in total. The molecule has 6 heteroatoms. The Labute approximate surface area is 265 Å². The van der Waals surface area contributed by atoms with Gasteiger partial charge in [0.1, 0.15) is 0 Å². The van der Waals surface area contributed by atoms with Crippen LogP contribution in [0, 0.1) is 0 Å². The van der Waals surface area contributed by atoms with Gasteiger partial charge in [0.2, 0.25) is 0 Å². The first-order valence-electron chi connectivity index (χ1n) is 18.1. The summed E-state index contributed by atoms with van der Waals surface area (Å²) in [6, 6.07) is 0. The van der Waals surface area contributed by atoms with Crippen LogP contribution in [-0.4, -0.2) is 70.3 Å². The lowest BCUT2D eigenvalue weighted by molar-refractivity contribution is 0.318. The summed E-state index contributed by atoms with van der Waals surface area (Å²) in [5, 5.41) is 45.4. The summed E-state index contributed by atoms with van der Waals surface area (Å²) < 4.78 is 0. The van der Waals surface area contributed by atoms with Crippen LogP contribution < -0.4 is 0 Å². The number of rotatable bonds is 0. The van der Waals surface area contributed by atoms with Gasteiger partial charge in [0.15, 0.2) is 0 Å². The van der Waals surface area contributed by atoms with Crippen LogP contribution in [0.25, 0.3) is 0 Å². The van der Waals surface area contributed by atoms with Crippen LogP contribution in [0.5, 0.6) is 0 Å². The topological polar surface area (TPSA) is 121 Å². The fourth-order valence-electron chi connectivity index (χ4n) is 4.24. The van der Waals surface area contributed by atoms with Crippen molar-refractivity contribution in [2.75, 3.05) is 39.6 Å². The monoisotopic (exact) mass is 613 g/mol. The normalized spacial score (nSPS) is 16.3. The Morgan fingerprint density at radius 3 is 0.238 bits per heavy atom. The maximum Gasteiger partial charge on any atom is 0.0402 e. The molecule has 1 rings (SSSR count). The molecule has 0 aromatic rings. The fourth-order valence-corrected chi connectivity index (χ4v) is 4.24. The minimum atomic E-state index is 0.250. The molecule has 0 aliphatic heterocycles. The molecule has 0 heterocycles. The summed E-state index contributed by atoms with van der Waals surface area (Å²) in [7, 11) is 0. The van der Waals surface area contributed by atoms with Gasteiger partial charge in [-0.25, -0.2) is 0 Å². The smallest absolute Gasteiger partial charge is 0.0402 e. The van der Waals surface area contributed by atoms with Gasteiger partial charge in [-0.1, -0.05) is 154 Å². The van der Waals surface area contributed by atoms with Crippen molar-refractivity contribution >= 4 is 0 Å². The van der Waals surface area contributed by atoms with Crippen molar-refractivity contribution in [1.82, 2.24) is 0 Å². The van der Waals surface area contributed by atoms with Crippen molar-refractivity contribution in [2.24, 2.45) is 0 Å². The van der Waals surface area contributed by atoms with E-state index in [1.807, 2.05) is 0 Å². The predicted molar refractivity (Wildman–Crippen MR) is 187 cm³/mol. The Balaban J connectivity index is -0.000000148. The second kappa shape index (κ2) is 72.8. The van der Waals surface area contributed by atoms with Crippen molar-refractivity contribution in [1.29, 1.82) is 0 Å². The highest BCUT2D eigenvalue weighted by molar-refractivity contribution is 4.52. The van der Waals surface area contributed by atoms with E-state index in [0.717, 1.165) is 0 Å². The van der Waals surface area contributed by atoms with Crippen molar-refractivity contribution in [2.45, 2.75) is 196 Å². The zero-order valence-electron chi connectivity index (χ0n) is 29.9. The first-order chi connectivity index (χ1) is 20.5. The van der Waals surface area contributed by atoms with Crippen LogP contribution in [0.3, 0.4) is 0 Å². The van der Waals surface area contributed by atoms with E-state index in [0.29, 0.717) is 0 Å². The third kappa shape index (κ3) is 106. The van der Waals surface area contributed by atoms with Crippen molar-refractivity contribution < 1.29 is 30.6 Å². The Bertz CT molecular complexity index is 194. The van der Waals surface area contributed by atoms with Crippen LogP contribution in [0.4, 0.5) is 0 Å². The number of aliphatic hydroxyl groups excluding tert-OH is 6. The van der Waals surface area contributed by atoms with Gasteiger partial charge in [-0.05, 0) is 41.5 Å². The summed E-state index contributed by atoms with van der Waals surface area (Å²) in [6.45, 7) is 11.6. The molecule has 1 aliphatic rings. The highest BCUT2D eigenvalue weighted by Crippen LogP contribution is 2.17. The summed E-state index contributed by atoms with van der Waals surface area (Å²) in [6.07, 6.45) is 36.0. The molecule has 264 valence electrons. The van der Waals surface area contributed by atoms with Gasteiger partial charge in [0, 0.05) is 39.6 Å². The molecule has 0 saturated heterocycles. The minimum absolute atomic E-state index is 0.250. The Kier molecular flexibility index (Phi) is 94.0. The van der Waals surface area contributed by atoms with E-state index in [9.17, 15) is 0 Å². The highest BCUT2D eigenvalue weighted by Gasteiger charge is 1.97. The molecule has 0 aromatic carbocycles. The van der Waals surface area contributed by atoms with E-state index in [2.05, 4.69) is 0 Å².